The molecule has 0 aromatic heterocycles. The number of benzene rings is 4. The van der Waals surface area contributed by atoms with E-state index in [1.165, 1.54) is 24.8 Å². The van der Waals surface area contributed by atoms with Crippen LogP contribution < -0.4 is 4.74 Å². The molecule has 0 aliphatic heterocycles. The van der Waals surface area contributed by atoms with Gasteiger partial charge in [-0.25, -0.2) is 9.18 Å². The number of carbonyl (C=O) groups excluding carboxylic acids is 1. The first-order valence-electron chi connectivity index (χ1n) is 17.4. The van der Waals surface area contributed by atoms with Crippen LogP contribution in [0.2, 0.25) is 0 Å². The van der Waals surface area contributed by atoms with E-state index in [1.54, 1.807) is 19.9 Å². The first kappa shape index (κ1) is 37.6. The second-order valence-corrected chi connectivity index (χ2v) is 13.3. The molecule has 5 nitrogen and oxygen atoms in total. The Morgan fingerprint density at radius 2 is 1.41 bits per heavy atom. The standard InChI is InChI=1S/C43H51FO5/c1-6-8-9-10-31-11-13-33(14-12-31)34-15-19-39(40(44)27-34)36-16-18-38(32(7-2)25-36)35-17-20-41(48-24-22-43(5,28-45)29-46)37(26-35)21-23-49-42(47)30(3)4/h11-20,25-27,45-46H,3,6-10,21-24,28-29H2,1-2,4-5H3. The van der Waals surface area contributed by atoms with Gasteiger partial charge in [-0.2, -0.15) is 0 Å². The number of carbonyl (C=O) groups is 1. The Kier molecular flexibility index (Phi) is 13.7. The average Bonchev–Trinajstić information content (AvgIpc) is 3.12. The van der Waals surface area contributed by atoms with Crippen LogP contribution >= 0.6 is 0 Å². The normalized spacial score (nSPS) is 11.4. The van der Waals surface area contributed by atoms with Gasteiger partial charge in [0, 0.05) is 23.0 Å². The van der Waals surface area contributed by atoms with Gasteiger partial charge in [0.25, 0.3) is 0 Å². The van der Waals surface area contributed by atoms with Crippen molar-refractivity contribution < 1.29 is 28.9 Å². The van der Waals surface area contributed by atoms with E-state index in [2.05, 4.69) is 50.8 Å². The Balaban J connectivity index is 1.57. The number of hydrogen-bond acceptors (Lipinski definition) is 5. The maximum atomic E-state index is 15.6. The van der Waals surface area contributed by atoms with Crippen LogP contribution in [-0.4, -0.2) is 42.6 Å². The van der Waals surface area contributed by atoms with Crippen molar-refractivity contribution in [2.75, 3.05) is 26.4 Å². The summed E-state index contributed by atoms with van der Waals surface area (Å²) in [5, 5.41) is 19.3. The number of aliphatic hydroxyl groups is 2. The Labute approximate surface area is 291 Å². The fraction of sp³-hybridized carbons (Fsp3) is 0.372. The zero-order valence-electron chi connectivity index (χ0n) is 29.5. The van der Waals surface area contributed by atoms with Gasteiger partial charge in [-0.1, -0.05) is 101 Å². The molecule has 0 heterocycles. The van der Waals surface area contributed by atoms with Gasteiger partial charge in [0.15, 0.2) is 0 Å². The SMILES string of the molecule is C=C(C)C(=O)OCCc1cc(-c2ccc(-c3ccc(-c4ccc(CCCCC)cc4)cc3F)cc2CC)ccc1OCCC(C)(CO)CO. The zero-order valence-corrected chi connectivity index (χ0v) is 29.5. The summed E-state index contributed by atoms with van der Waals surface area (Å²) in [6.07, 6.45) is 6.32. The molecule has 0 unspecified atom stereocenters. The molecule has 0 aliphatic carbocycles. The summed E-state index contributed by atoms with van der Waals surface area (Å²) in [6.45, 7) is 11.5. The summed E-state index contributed by atoms with van der Waals surface area (Å²) in [7, 11) is 0. The fourth-order valence-corrected chi connectivity index (χ4v) is 5.78. The number of aryl methyl sites for hydroxylation is 2. The van der Waals surface area contributed by atoms with E-state index in [9.17, 15) is 15.0 Å². The second-order valence-electron chi connectivity index (χ2n) is 13.3. The fourth-order valence-electron chi connectivity index (χ4n) is 5.78. The van der Waals surface area contributed by atoms with Crippen molar-refractivity contribution in [3.63, 3.8) is 0 Å². The Hall–Kier alpha value is -4.26. The van der Waals surface area contributed by atoms with Crippen molar-refractivity contribution >= 4 is 5.97 Å². The largest absolute Gasteiger partial charge is 0.493 e. The van der Waals surface area contributed by atoms with Crippen LogP contribution in [-0.2, 0) is 28.8 Å². The van der Waals surface area contributed by atoms with Gasteiger partial charge in [-0.05, 0) is 95.3 Å². The smallest absolute Gasteiger partial charge is 0.333 e. The van der Waals surface area contributed by atoms with Crippen LogP contribution in [0.5, 0.6) is 5.75 Å². The van der Waals surface area contributed by atoms with Crippen LogP contribution in [0.4, 0.5) is 4.39 Å². The van der Waals surface area contributed by atoms with Gasteiger partial charge in [-0.3, -0.25) is 0 Å². The van der Waals surface area contributed by atoms with Gasteiger partial charge < -0.3 is 19.7 Å². The quantitative estimate of drug-likeness (QED) is 0.0629. The van der Waals surface area contributed by atoms with Crippen molar-refractivity contribution in [3.05, 3.63) is 114 Å². The van der Waals surface area contributed by atoms with Crippen LogP contribution in [0, 0.1) is 11.2 Å². The van der Waals surface area contributed by atoms with E-state index in [0.717, 1.165) is 51.8 Å². The maximum absolute atomic E-state index is 15.6. The third-order valence-corrected chi connectivity index (χ3v) is 9.17. The van der Waals surface area contributed by atoms with Crippen molar-refractivity contribution in [2.24, 2.45) is 5.41 Å². The second kappa shape index (κ2) is 17.9. The highest BCUT2D eigenvalue weighted by atomic mass is 19.1. The minimum Gasteiger partial charge on any atom is -0.493 e. The summed E-state index contributed by atoms with van der Waals surface area (Å²) in [6, 6.07) is 25.9. The highest BCUT2D eigenvalue weighted by Gasteiger charge is 2.23. The van der Waals surface area contributed by atoms with Crippen molar-refractivity contribution in [1.29, 1.82) is 0 Å². The van der Waals surface area contributed by atoms with E-state index >= 15 is 4.39 Å². The molecule has 0 fully saturated rings. The minimum atomic E-state index is -0.645. The van der Waals surface area contributed by atoms with Gasteiger partial charge in [0.1, 0.15) is 11.6 Å². The highest BCUT2D eigenvalue weighted by Crippen LogP contribution is 2.35. The molecule has 0 saturated carbocycles. The maximum Gasteiger partial charge on any atom is 0.333 e. The third-order valence-electron chi connectivity index (χ3n) is 9.17. The Bertz CT molecular complexity index is 1700. The highest BCUT2D eigenvalue weighted by molar-refractivity contribution is 5.87. The molecule has 2 N–H and O–H groups in total. The Morgan fingerprint density at radius 3 is 2.06 bits per heavy atom. The first-order chi connectivity index (χ1) is 23.6. The molecule has 0 aliphatic rings. The van der Waals surface area contributed by atoms with Crippen molar-refractivity contribution in [1.82, 2.24) is 0 Å². The molecule has 0 radical (unpaired) electrons. The average molecular weight is 667 g/mol. The van der Waals surface area contributed by atoms with E-state index in [-0.39, 0.29) is 25.6 Å². The number of esters is 1. The lowest BCUT2D eigenvalue weighted by Gasteiger charge is -2.24. The molecule has 260 valence electrons. The molecule has 0 bridgehead atoms. The van der Waals surface area contributed by atoms with E-state index < -0.39 is 11.4 Å². The predicted molar refractivity (Wildman–Crippen MR) is 197 cm³/mol. The molecule has 49 heavy (non-hydrogen) atoms. The number of unbranched alkanes of at least 4 members (excludes halogenated alkanes) is 2. The molecule has 6 heteroatoms. The summed E-state index contributed by atoms with van der Waals surface area (Å²) >= 11 is 0. The number of halogens is 1. The summed E-state index contributed by atoms with van der Waals surface area (Å²) in [5.41, 5.74) is 8.18. The molecule has 0 spiro atoms. The molecular formula is C43H51FO5. The lowest BCUT2D eigenvalue weighted by Crippen LogP contribution is -2.28. The summed E-state index contributed by atoms with van der Waals surface area (Å²) in [4.78, 5) is 12.0. The summed E-state index contributed by atoms with van der Waals surface area (Å²) < 4.78 is 27.1. The monoisotopic (exact) mass is 666 g/mol. The molecule has 4 aromatic carbocycles. The van der Waals surface area contributed by atoms with E-state index in [4.69, 9.17) is 9.47 Å². The molecule has 0 saturated heterocycles. The van der Waals surface area contributed by atoms with Gasteiger partial charge in [0.2, 0.25) is 0 Å². The van der Waals surface area contributed by atoms with Crippen LogP contribution in [0.3, 0.4) is 0 Å². The first-order valence-corrected chi connectivity index (χ1v) is 17.4. The third kappa shape index (κ3) is 10.1. The van der Waals surface area contributed by atoms with Gasteiger partial charge in [-0.15, -0.1) is 0 Å². The molecule has 4 rings (SSSR count). The lowest BCUT2D eigenvalue weighted by molar-refractivity contribution is -0.138. The lowest BCUT2D eigenvalue weighted by atomic mass is 9.89. The topological polar surface area (TPSA) is 76.0 Å². The number of hydrogen-bond donors (Lipinski definition) is 2. The molecule has 0 amide bonds. The van der Waals surface area contributed by atoms with E-state index in [0.29, 0.717) is 36.3 Å². The number of aliphatic hydroxyl groups excluding tert-OH is 2. The van der Waals surface area contributed by atoms with Crippen LogP contribution in [0.1, 0.15) is 70.1 Å². The summed E-state index contributed by atoms with van der Waals surface area (Å²) in [5.74, 6) is -0.0534. The van der Waals surface area contributed by atoms with E-state index in [1.807, 2.05) is 42.5 Å². The molecule has 4 aromatic rings. The predicted octanol–water partition coefficient (Wildman–Crippen LogP) is 9.54. The van der Waals surface area contributed by atoms with Crippen molar-refractivity contribution in [2.45, 2.75) is 72.6 Å². The zero-order chi connectivity index (χ0) is 35.4. The van der Waals surface area contributed by atoms with Crippen LogP contribution in [0.25, 0.3) is 33.4 Å². The molecule has 0 atom stereocenters. The number of rotatable bonds is 18. The molecular weight excluding hydrogens is 615 g/mol. The van der Waals surface area contributed by atoms with Crippen LogP contribution in [0.15, 0.2) is 91.0 Å². The minimum absolute atomic E-state index is 0.146. The van der Waals surface area contributed by atoms with Gasteiger partial charge in [0.05, 0.1) is 26.4 Å². The van der Waals surface area contributed by atoms with Crippen molar-refractivity contribution in [3.8, 4) is 39.1 Å². The van der Waals surface area contributed by atoms with Gasteiger partial charge >= 0.3 is 5.97 Å². The number of ether oxygens (including phenoxy) is 2. The Morgan fingerprint density at radius 1 is 0.776 bits per heavy atom.